The van der Waals surface area contributed by atoms with Gasteiger partial charge in [0.15, 0.2) is 0 Å². The van der Waals surface area contributed by atoms with Crippen LogP contribution < -0.4 is 5.32 Å². The molecule has 0 bridgehead atoms. The van der Waals surface area contributed by atoms with E-state index in [2.05, 4.69) is 5.32 Å². The van der Waals surface area contributed by atoms with Crippen LogP contribution in [0.3, 0.4) is 0 Å². The van der Waals surface area contributed by atoms with Crippen molar-refractivity contribution < 1.29 is 10.2 Å². The molecule has 3 N–H and O–H groups in total. The van der Waals surface area contributed by atoms with E-state index in [1.807, 2.05) is 6.07 Å². The van der Waals surface area contributed by atoms with E-state index in [0.717, 1.165) is 5.56 Å². The molecular weight excluding hydrogens is 178 g/mol. The van der Waals surface area contributed by atoms with Gasteiger partial charge in [-0.1, -0.05) is 12.1 Å². The molecule has 0 saturated heterocycles. The van der Waals surface area contributed by atoms with Crippen LogP contribution in [0.25, 0.3) is 0 Å². The predicted octanol–water partition coefficient (Wildman–Crippen LogP) is 1.18. The first kappa shape index (κ1) is 9.49. The van der Waals surface area contributed by atoms with Crippen molar-refractivity contribution in [1.82, 2.24) is 5.32 Å². The Labute approximate surface area is 83.4 Å². The largest absolute Gasteiger partial charge is 0.508 e. The normalized spacial score (nSPS) is 18.1. The summed E-state index contributed by atoms with van der Waals surface area (Å²) in [7, 11) is 0. The van der Waals surface area contributed by atoms with Crippen LogP contribution in [0, 0.1) is 0 Å². The number of phenols is 1. The number of nitrogens with one attached hydrogen (secondary N) is 1. The van der Waals surface area contributed by atoms with Gasteiger partial charge in [0, 0.05) is 12.6 Å². The van der Waals surface area contributed by atoms with Gasteiger partial charge in [0.2, 0.25) is 0 Å². The van der Waals surface area contributed by atoms with Crippen molar-refractivity contribution in [1.29, 1.82) is 0 Å². The van der Waals surface area contributed by atoms with Gasteiger partial charge < -0.3 is 15.5 Å². The van der Waals surface area contributed by atoms with Crippen molar-refractivity contribution in [3.63, 3.8) is 0 Å². The molecular formula is C11H15NO2. The molecule has 0 amide bonds. The monoisotopic (exact) mass is 193 g/mol. The van der Waals surface area contributed by atoms with Crippen molar-refractivity contribution >= 4 is 0 Å². The molecule has 0 aromatic heterocycles. The van der Waals surface area contributed by atoms with Crippen molar-refractivity contribution in [2.24, 2.45) is 0 Å². The lowest BCUT2D eigenvalue weighted by Gasteiger charge is -2.11. The van der Waals surface area contributed by atoms with Gasteiger partial charge in [0.1, 0.15) is 5.75 Å². The van der Waals surface area contributed by atoms with Gasteiger partial charge in [0.05, 0.1) is 6.10 Å². The molecule has 0 spiro atoms. The highest BCUT2D eigenvalue weighted by Gasteiger charge is 2.21. The van der Waals surface area contributed by atoms with E-state index in [4.69, 9.17) is 0 Å². The average molecular weight is 193 g/mol. The van der Waals surface area contributed by atoms with Gasteiger partial charge in [-0.3, -0.25) is 0 Å². The third kappa shape index (κ3) is 2.47. The Morgan fingerprint density at radius 2 is 2.21 bits per heavy atom. The lowest BCUT2D eigenvalue weighted by atomic mass is 10.1. The predicted molar refractivity (Wildman–Crippen MR) is 54.1 cm³/mol. The van der Waals surface area contributed by atoms with Crippen LogP contribution in [0.2, 0.25) is 0 Å². The number of aliphatic hydroxyl groups excluding tert-OH is 1. The summed E-state index contributed by atoms with van der Waals surface area (Å²) in [5, 5.41) is 22.2. The Hall–Kier alpha value is -1.06. The zero-order chi connectivity index (χ0) is 9.97. The van der Waals surface area contributed by atoms with E-state index < -0.39 is 6.10 Å². The fraction of sp³-hybridized carbons (Fsp3) is 0.455. The molecule has 1 saturated carbocycles. The number of benzene rings is 1. The van der Waals surface area contributed by atoms with Gasteiger partial charge in [0.25, 0.3) is 0 Å². The van der Waals surface area contributed by atoms with Crippen LogP contribution in [0.15, 0.2) is 24.3 Å². The molecule has 1 unspecified atom stereocenters. The number of phenolic OH excluding ortho intramolecular Hbond substituents is 1. The summed E-state index contributed by atoms with van der Waals surface area (Å²) in [5.41, 5.74) is 0.762. The van der Waals surface area contributed by atoms with Crippen LogP contribution in [0.5, 0.6) is 5.75 Å². The van der Waals surface area contributed by atoms with Gasteiger partial charge >= 0.3 is 0 Å². The molecule has 0 heterocycles. The van der Waals surface area contributed by atoms with Crippen LogP contribution in [0.1, 0.15) is 24.5 Å². The minimum Gasteiger partial charge on any atom is -0.508 e. The number of aromatic hydroxyl groups is 1. The smallest absolute Gasteiger partial charge is 0.115 e. The maximum atomic E-state index is 9.75. The maximum absolute atomic E-state index is 9.75. The molecule has 0 radical (unpaired) electrons. The third-order valence-electron chi connectivity index (χ3n) is 2.43. The first-order valence-electron chi connectivity index (χ1n) is 4.96. The summed E-state index contributed by atoms with van der Waals surface area (Å²) in [6.45, 7) is 0.564. The number of hydrogen-bond acceptors (Lipinski definition) is 3. The SMILES string of the molecule is Oc1cccc(C(O)CNC2CC2)c1. The van der Waals surface area contributed by atoms with Crippen LogP contribution in [-0.4, -0.2) is 22.8 Å². The molecule has 1 aromatic carbocycles. The zero-order valence-corrected chi connectivity index (χ0v) is 7.98. The van der Waals surface area contributed by atoms with Crippen LogP contribution in [-0.2, 0) is 0 Å². The summed E-state index contributed by atoms with van der Waals surface area (Å²) in [4.78, 5) is 0. The fourth-order valence-corrected chi connectivity index (χ4v) is 1.42. The molecule has 3 nitrogen and oxygen atoms in total. The lowest BCUT2D eigenvalue weighted by Crippen LogP contribution is -2.23. The molecule has 76 valence electrons. The van der Waals surface area contributed by atoms with E-state index in [-0.39, 0.29) is 5.75 Å². The van der Waals surface area contributed by atoms with Crippen LogP contribution >= 0.6 is 0 Å². The van der Waals surface area contributed by atoms with Crippen molar-refractivity contribution in [2.75, 3.05) is 6.54 Å². The van der Waals surface area contributed by atoms with E-state index >= 15 is 0 Å². The topological polar surface area (TPSA) is 52.5 Å². The number of rotatable bonds is 4. The zero-order valence-electron chi connectivity index (χ0n) is 7.98. The highest BCUT2D eigenvalue weighted by Crippen LogP contribution is 2.21. The molecule has 1 atom stereocenters. The summed E-state index contributed by atoms with van der Waals surface area (Å²) in [5.74, 6) is 0.202. The first-order valence-corrected chi connectivity index (χ1v) is 4.96. The molecule has 1 aliphatic rings. The standard InChI is InChI=1S/C11H15NO2/c13-10-3-1-2-8(6-10)11(14)7-12-9-4-5-9/h1-3,6,9,11-14H,4-5,7H2. The number of aliphatic hydroxyl groups is 1. The van der Waals surface area contributed by atoms with Gasteiger partial charge in [-0.25, -0.2) is 0 Å². The van der Waals surface area contributed by atoms with Gasteiger partial charge in [-0.15, -0.1) is 0 Å². The molecule has 1 aliphatic carbocycles. The molecule has 0 aliphatic heterocycles. The lowest BCUT2D eigenvalue weighted by molar-refractivity contribution is 0.174. The average Bonchev–Trinajstić information content (AvgIpc) is 2.97. The molecule has 1 aromatic rings. The number of hydrogen-bond donors (Lipinski definition) is 3. The summed E-state index contributed by atoms with van der Waals surface area (Å²) in [6.07, 6.45) is 1.90. The van der Waals surface area contributed by atoms with Crippen molar-refractivity contribution in [3.05, 3.63) is 29.8 Å². The van der Waals surface area contributed by atoms with E-state index in [1.54, 1.807) is 18.2 Å². The minimum absolute atomic E-state index is 0.202. The molecule has 2 rings (SSSR count). The third-order valence-corrected chi connectivity index (χ3v) is 2.43. The maximum Gasteiger partial charge on any atom is 0.115 e. The quantitative estimate of drug-likeness (QED) is 0.673. The van der Waals surface area contributed by atoms with E-state index in [1.165, 1.54) is 12.8 Å². The summed E-state index contributed by atoms with van der Waals surface area (Å²) >= 11 is 0. The Morgan fingerprint density at radius 3 is 2.86 bits per heavy atom. The minimum atomic E-state index is -0.525. The Balaban J connectivity index is 1.91. The second-order valence-corrected chi connectivity index (χ2v) is 3.79. The Bertz CT molecular complexity index is 310. The second kappa shape index (κ2) is 3.98. The van der Waals surface area contributed by atoms with E-state index in [0.29, 0.717) is 12.6 Å². The van der Waals surface area contributed by atoms with Gasteiger partial charge in [-0.05, 0) is 30.5 Å². The highest BCUT2D eigenvalue weighted by atomic mass is 16.3. The fourth-order valence-electron chi connectivity index (χ4n) is 1.42. The second-order valence-electron chi connectivity index (χ2n) is 3.79. The van der Waals surface area contributed by atoms with Crippen molar-refractivity contribution in [2.45, 2.75) is 25.0 Å². The highest BCUT2D eigenvalue weighted by molar-refractivity contribution is 5.28. The summed E-state index contributed by atoms with van der Waals surface area (Å²) in [6, 6.07) is 7.36. The molecule has 3 heteroatoms. The van der Waals surface area contributed by atoms with Crippen LogP contribution in [0.4, 0.5) is 0 Å². The molecule has 1 fully saturated rings. The van der Waals surface area contributed by atoms with E-state index in [9.17, 15) is 10.2 Å². The van der Waals surface area contributed by atoms with Gasteiger partial charge in [-0.2, -0.15) is 0 Å². The molecule has 14 heavy (non-hydrogen) atoms. The summed E-state index contributed by atoms with van der Waals surface area (Å²) < 4.78 is 0. The first-order chi connectivity index (χ1) is 6.75. The Kier molecular flexibility index (Phi) is 2.70. The van der Waals surface area contributed by atoms with Crippen molar-refractivity contribution in [3.8, 4) is 5.75 Å². The Morgan fingerprint density at radius 1 is 1.43 bits per heavy atom.